The average Bonchev–Trinajstić information content (AvgIpc) is 2.67. The highest BCUT2D eigenvalue weighted by Crippen LogP contribution is 2.39. The molecule has 2 unspecified atom stereocenters. The molecule has 0 bridgehead atoms. The maximum absolute atomic E-state index is 12.9. The summed E-state index contributed by atoms with van der Waals surface area (Å²) in [5, 5.41) is 0.296. The third kappa shape index (κ3) is 4.82. The Balaban J connectivity index is 2.04. The highest BCUT2D eigenvalue weighted by atomic mass is 28.2. The zero-order valence-electron chi connectivity index (χ0n) is 16.2. The molecule has 1 amide bonds. The van der Waals surface area contributed by atoms with Gasteiger partial charge in [-0.2, -0.15) is 0 Å². The second kappa shape index (κ2) is 7.26. The molecule has 0 spiro atoms. The number of hydrogen-bond donors (Lipinski definition) is 0. The fraction of sp³-hybridized carbons (Fsp3) is 0.947. The molecule has 2 atom stereocenters. The summed E-state index contributed by atoms with van der Waals surface area (Å²) >= 11 is 0. The van der Waals surface area contributed by atoms with Gasteiger partial charge in [-0.05, 0) is 31.7 Å². The summed E-state index contributed by atoms with van der Waals surface area (Å²) in [5.74, 6) is 0.798. The molecule has 0 aromatic heterocycles. The third-order valence-electron chi connectivity index (χ3n) is 5.71. The van der Waals surface area contributed by atoms with Gasteiger partial charge in [0.2, 0.25) is 5.91 Å². The first-order chi connectivity index (χ1) is 10.6. The van der Waals surface area contributed by atoms with Gasteiger partial charge in [0.1, 0.15) is 0 Å². The van der Waals surface area contributed by atoms with Crippen LogP contribution < -0.4 is 0 Å². The Morgan fingerprint density at radius 2 is 1.61 bits per heavy atom. The van der Waals surface area contributed by atoms with Crippen molar-refractivity contribution in [3.63, 3.8) is 0 Å². The first-order valence-corrected chi connectivity index (χ1v) is 10.8. The molecule has 23 heavy (non-hydrogen) atoms. The molecular formula is C19H37NO2Si. The smallest absolute Gasteiger partial charge is 0.226 e. The van der Waals surface area contributed by atoms with E-state index in [1.807, 2.05) is 0 Å². The molecular weight excluding hydrogens is 302 g/mol. The Labute approximate surface area is 145 Å². The van der Waals surface area contributed by atoms with Gasteiger partial charge in [-0.1, -0.05) is 53.4 Å². The van der Waals surface area contributed by atoms with Gasteiger partial charge in [0.25, 0.3) is 0 Å². The van der Waals surface area contributed by atoms with Crippen molar-refractivity contribution in [2.45, 2.75) is 96.7 Å². The Hall–Kier alpha value is -0.353. The number of carbonyl (C=O) groups is 1. The van der Waals surface area contributed by atoms with Crippen LogP contribution in [0.2, 0.25) is 5.04 Å². The van der Waals surface area contributed by atoms with E-state index in [-0.39, 0.29) is 11.5 Å². The van der Waals surface area contributed by atoms with E-state index in [4.69, 9.17) is 4.43 Å². The quantitative estimate of drug-likeness (QED) is 0.574. The lowest BCUT2D eigenvalue weighted by molar-refractivity contribution is -0.133. The average molecular weight is 340 g/mol. The van der Waals surface area contributed by atoms with Crippen molar-refractivity contribution >= 4 is 15.7 Å². The van der Waals surface area contributed by atoms with Gasteiger partial charge in [0.15, 0.2) is 9.76 Å². The molecule has 1 aliphatic heterocycles. The highest BCUT2D eigenvalue weighted by molar-refractivity contribution is 6.31. The van der Waals surface area contributed by atoms with Crippen LogP contribution in [0.15, 0.2) is 0 Å². The predicted molar refractivity (Wildman–Crippen MR) is 99.3 cm³/mol. The standard InChI is InChI=1S/C19H37NO2Si/c1-14-16(19(5,6)22-23-18(2,3)4)13-20(17(14)21)15-11-9-7-8-10-12-15/h14-16H,7-13,23H2,1-6H3. The summed E-state index contributed by atoms with van der Waals surface area (Å²) in [6, 6.07) is 0.480. The fourth-order valence-corrected chi connectivity index (χ4v) is 5.14. The normalized spacial score (nSPS) is 28.8. The van der Waals surface area contributed by atoms with E-state index in [1.54, 1.807) is 0 Å². The molecule has 0 aromatic carbocycles. The lowest BCUT2D eigenvalue weighted by atomic mass is 9.83. The minimum Gasteiger partial charge on any atom is -0.418 e. The number of likely N-dealkylation sites (tertiary alicyclic amines) is 1. The van der Waals surface area contributed by atoms with Crippen LogP contribution in [0, 0.1) is 11.8 Å². The van der Waals surface area contributed by atoms with Crippen molar-refractivity contribution in [2.75, 3.05) is 6.54 Å². The second-order valence-electron chi connectivity index (χ2n) is 9.48. The molecule has 2 rings (SSSR count). The molecule has 2 fully saturated rings. The van der Waals surface area contributed by atoms with Crippen molar-refractivity contribution < 1.29 is 9.22 Å². The molecule has 134 valence electrons. The lowest BCUT2D eigenvalue weighted by Gasteiger charge is -2.36. The Kier molecular flexibility index (Phi) is 5.99. The molecule has 3 nitrogen and oxygen atoms in total. The van der Waals surface area contributed by atoms with Gasteiger partial charge in [0, 0.05) is 24.4 Å². The van der Waals surface area contributed by atoms with Crippen LogP contribution in [0.4, 0.5) is 0 Å². The van der Waals surface area contributed by atoms with E-state index in [1.165, 1.54) is 38.5 Å². The van der Waals surface area contributed by atoms with Crippen LogP contribution in [0.25, 0.3) is 0 Å². The molecule has 2 aliphatic rings. The monoisotopic (exact) mass is 339 g/mol. The van der Waals surface area contributed by atoms with Crippen molar-refractivity contribution in [1.82, 2.24) is 4.90 Å². The third-order valence-corrected chi connectivity index (χ3v) is 7.46. The van der Waals surface area contributed by atoms with E-state index in [9.17, 15) is 4.79 Å². The number of nitrogens with zero attached hydrogens (tertiary/aromatic N) is 1. The van der Waals surface area contributed by atoms with E-state index in [0.29, 0.717) is 22.9 Å². The zero-order chi connectivity index (χ0) is 17.3. The van der Waals surface area contributed by atoms with Gasteiger partial charge >= 0.3 is 0 Å². The lowest BCUT2D eigenvalue weighted by Crippen LogP contribution is -2.42. The molecule has 0 aromatic rings. The summed E-state index contributed by atoms with van der Waals surface area (Å²) in [6.45, 7) is 14.2. The predicted octanol–water partition coefficient (Wildman–Crippen LogP) is 3.90. The molecule has 1 saturated heterocycles. The summed E-state index contributed by atoms with van der Waals surface area (Å²) in [4.78, 5) is 15.1. The number of rotatable bonds is 4. The first-order valence-electron chi connectivity index (χ1n) is 9.56. The topological polar surface area (TPSA) is 29.5 Å². The maximum Gasteiger partial charge on any atom is 0.226 e. The Morgan fingerprint density at radius 3 is 2.13 bits per heavy atom. The van der Waals surface area contributed by atoms with Gasteiger partial charge in [-0.3, -0.25) is 4.79 Å². The summed E-state index contributed by atoms with van der Waals surface area (Å²) < 4.78 is 6.42. The first kappa shape index (κ1) is 19.0. The van der Waals surface area contributed by atoms with E-state index in [0.717, 1.165) is 6.54 Å². The Bertz CT molecular complexity index is 408. The molecule has 0 N–H and O–H groups in total. The van der Waals surface area contributed by atoms with Crippen LogP contribution in [0.1, 0.15) is 80.1 Å². The van der Waals surface area contributed by atoms with Crippen molar-refractivity contribution in [3.05, 3.63) is 0 Å². The van der Waals surface area contributed by atoms with Crippen LogP contribution in [-0.2, 0) is 9.22 Å². The molecule has 1 aliphatic carbocycles. The van der Waals surface area contributed by atoms with Crippen molar-refractivity contribution in [3.8, 4) is 0 Å². The van der Waals surface area contributed by atoms with Gasteiger partial charge in [-0.15, -0.1) is 0 Å². The van der Waals surface area contributed by atoms with Crippen molar-refractivity contribution in [2.24, 2.45) is 11.8 Å². The van der Waals surface area contributed by atoms with Crippen LogP contribution in [0.3, 0.4) is 0 Å². The van der Waals surface area contributed by atoms with Gasteiger partial charge in [0.05, 0.1) is 5.60 Å². The van der Waals surface area contributed by atoms with Crippen molar-refractivity contribution in [1.29, 1.82) is 0 Å². The van der Waals surface area contributed by atoms with E-state index >= 15 is 0 Å². The van der Waals surface area contributed by atoms with E-state index < -0.39 is 9.76 Å². The highest BCUT2D eigenvalue weighted by Gasteiger charge is 2.47. The van der Waals surface area contributed by atoms with Gasteiger partial charge in [-0.25, -0.2) is 0 Å². The molecule has 1 heterocycles. The summed E-state index contributed by atoms with van der Waals surface area (Å²) in [7, 11) is -0.603. The second-order valence-corrected chi connectivity index (χ2v) is 12.2. The van der Waals surface area contributed by atoms with E-state index in [2.05, 4.69) is 46.4 Å². The number of carbonyl (C=O) groups excluding carboxylic acids is 1. The fourth-order valence-electron chi connectivity index (χ4n) is 4.12. The minimum atomic E-state index is -0.603. The van der Waals surface area contributed by atoms with Crippen LogP contribution in [0.5, 0.6) is 0 Å². The minimum absolute atomic E-state index is 0.0993. The zero-order valence-corrected chi connectivity index (χ0v) is 17.6. The number of hydrogen-bond acceptors (Lipinski definition) is 2. The Morgan fingerprint density at radius 1 is 1.04 bits per heavy atom. The molecule has 0 radical (unpaired) electrons. The summed E-state index contributed by atoms with van der Waals surface area (Å²) in [5.41, 5.74) is -0.186. The summed E-state index contributed by atoms with van der Waals surface area (Å²) in [6.07, 6.45) is 7.63. The SMILES string of the molecule is CC1C(=O)N(C2CCCCCC2)CC1C(C)(C)O[SiH2]C(C)(C)C. The van der Waals surface area contributed by atoms with Gasteiger partial charge < -0.3 is 9.33 Å². The number of amides is 1. The van der Waals surface area contributed by atoms with Crippen LogP contribution in [-0.4, -0.2) is 38.8 Å². The van der Waals surface area contributed by atoms with Crippen LogP contribution >= 0.6 is 0 Å². The maximum atomic E-state index is 12.9. The molecule has 4 heteroatoms. The molecule has 1 saturated carbocycles. The largest absolute Gasteiger partial charge is 0.418 e.